The fourth-order valence-corrected chi connectivity index (χ4v) is 3.16. The van der Waals surface area contributed by atoms with Gasteiger partial charge in [-0.15, -0.1) is 0 Å². The fraction of sp³-hybridized carbons (Fsp3) is 0.333. The van der Waals surface area contributed by atoms with Gasteiger partial charge in [-0.25, -0.2) is 4.98 Å². The molecule has 0 fully saturated rings. The van der Waals surface area contributed by atoms with Crippen LogP contribution in [0.2, 0.25) is 0 Å². The lowest BCUT2D eigenvalue weighted by Gasteiger charge is -2.25. The number of benzene rings is 1. The predicted octanol–water partition coefficient (Wildman–Crippen LogP) is 3.34. The zero-order valence-electron chi connectivity index (χ0n) is 12.9. The number of hydrogen-bond acceptors (Lipinski definition) is 4. The van der Waals surface area contributed by atoms with Gasteiger partial charge in [0.2, 0.25) is 0 Å². The van der Waals surface area contributed by atoms with Gasteiger partial charge in [0.25, 0.3) is 0 Å². The fourth-order valence-electron chi connectivity index (χ4n) is 3.16. The minimum absolute atomic E-state index is 0.327. The lowest BCUT2D eigenvalue weighted by Crippen LogP contribution is -2.16. The second-order valence-electron chi connectivity index (χ2n) is 5.86. The van der Waals surface area contributed by atoms with Gasteiger partial charge in [0, 0.05) is 11.3 Å². The van der Waals surface area contributed by atoms with E-state index in [9.17, 15) is 5.26 Å². The summed E-state index contributed by atoms with van der Waals surface area (Å²) < 4.78 is 5.32. The van der Waals surface area contributed by atoms with Crippen LogP contribution in [0.15, 0.2) is 24.3 Å². The Labute approximate surface area is 130 Å². The van der Waals surface area contributed by atoms with Crippen LogP contribution >= 0.6 is 0 Å². The summed E-state index contributed by atoms with van der Waals surface area (Å²) in [6, 6.07) is 10.0. The summed E-state index contributed by atoms with van der Waals surface area (Å²) in [6.45, 7) is 2.24. The maximum atomic E-state index is 9.55. The molecular formula is C18H19N3O. The van der Waals surface area contributed by atoms with Crippen LogP contribution in [-0.4, -0.2) is 12.1 Å². The highest BCUT2D eigenvalue weighted by Crippen LogP contribution is 2.38. The molecular weight excluding hydrogens is 274 g/mol. The van der Waals surface area contributed by atoms with Gasteiger partial charge < -0.3 is 10.5 Å². The Balaban J connectivity index is 2.28. The second-order valence-corrected chi connectivity index (χ2v) is 5.86. The molecule has 2 aromatic rings. The van der Waals surface area contributed by atoms with Gasteiger partial charge in [-0.3, -0.25) is 0 Å². The molecule has 1 heterocycles. The molecule has 0 saturated heterocycles. The number of nitrogen functional groups attached to an aromatic ring is 1. The number of nitrogens with two attached hydrogens (primary N) is 1. The molecule has 22 heavy (non-hydrogen) atoms. The van der Waals surface area contributed by atoms with Crippen molar-refractivity contribution in [2.24, 2.45) is 5.92 Å². The minimum atomic E-state index is 0.327. The van der Waals surface area contributed by atoms with Crippen molar-refractivity contribution in [3.8, 4) is 22.9 Å². The van der Waals surface area contributed by atoms with E-state index in [1.165, 1.54) is 0 Å². The Bertz CT molecular complexity index is 762. The van der Waals surface area contributed by atoms with Crippen LogP contribution in [-0.2, 0) is 12.8 Å². The molecule has 0 radical (unpaired) electrons. The summed E-state index contributed by atoms with van der Waals surface area (Å²) in [5.41, 5.74) is 10.6. The summed E-state index contributed by atoms with van der Waals surface area (Å²) in [4.78, 5) is 4.47. The molecule has 1 unspecified atom stereocenters. The number of hydrogen-bond donors (Lipinski definition) is 1. The van der Waals surface area contributed by atoms with Crippen molar-refractivity contribution < 1.29 is 4.74 Å². The number of pyridine rings is 1. The van der Waals surface area contributed by atoms with Crippen LogP contribution in [0, 0.1) is 17.2 Å². The van der Waals surface area contributed by atoms with Crippen LogP contribution in [0.4, 0.5) is 5.82 Å². The summed E-state index contributed by atoms with van der Waals surface area (Å²) in [6.07, 6.45) is 2.97. The van der Waals surface area contributed by atoms with Gasteiger partial charge in [0.1, 0.15) is 23.2 Å². The van der Waals surface area contributed by atoms with Crippen LogP contribution in [0.1, 0.15) is 30.2 Å². The molecule has 2 N–H and O–H groups in total. The second kappa shape index (κ2) is 5.69. The van der Waals surface area contributed by atoms with E-state index in [0.717, 1.165) is 47.4 Å². The lowest BCUT2D eigenvalue weighted by molar-refractivity contribution is 0.415. The summed E-state index contributed by atoms with van der Waals surface area (Å²) >= 11 is 0. The first kappa shape index (κ1) is 14.4. The SMILES string of the molecule is COc1cccc(-c2c(C#N)c(N)nc3c2CC(C)CC3)c1. The summed E-state index contributed by atoms with van der Waals surface area (Å²) in [5.74, 6) is 1.69. The number of aromatic nitrogens is 1. The van der Waals surface area contributed by atoms with Crippen molar-refractivity contribution in [1.82, 2.24) is 4.98 Å². The van der Waals surface area contributed by atoms with Crippen LogP contribution in [0.3, 0.4) is 0 Å². The van der Waals surface area contributed by atoms with E-state index in [1.807, 2.05) is 24.3 Å². The number of nitriles is 1. The highest BCUT2D eigenvalue weighted by Gasteiger charge is 2.24. The average molecular weight is 293 g/mol. The van der Waals surface area contributed by atoms with E-state index >= 15 is 0 Å². The highest BCUT2D eigenvalue weighted by atomic mass is 16.5. The van der Waals surface area contributed by atoms with Gasteiger partial charge in [0.15, 0.2) is 0 Å². The third kappa shape index (κ3) is 2.39. The smallest absolute Gasteiger partial charge is 0.142 e. The number of fused-ring (bicyclic) bond motifs is 1. The van der Waals surface area contributed by atoms with E-state index in [2.05, 4.69) is 18.0 Å². The van der Waals surface area contributed by atoms with Crippen molar-refractivity contribution in [1.29, 1.82) is 5.26 Å². The average Bonchev–Trinajstić information content (AvgIpc) is 2.54. The van der Waals surface area contributed by atoms with Gasteiger partial charge in [-0.05, 0) is 48.4 Å². The summed E-state index contributed by atoms with van der Waals surface area (Å²) in [7, 11) is 1.64. The van der Waals surface area contributed by atoms with Crippen molar-refractivity contribution in [2.45, 2.75) is 26.2 Å². The molecule has 112 valence electrons. The first-order chi connectivity index (χ1) is 10.6. The molecule has 0 aliphatic heterocycles. The first-order valence-electron chi connectivity index (χ1n) is 7.49. The predicted molar refractivity (Wildman–Crippen MR) is 86.5 cm³/mol. The Morgan fingerprint density at radius 3 is 2.95 bits per heavy atom. The molecule has 3 rings (SSSR count). The Morgan fingerprint density at radius 2 is 2.23 bits per heavy atom. The molecule has 0 bridgehead atoms. The monoisotopic (exact) mass is 293 g/mol. The van der Waals surface area contributed by atoms with Crippen molar-refractivity contribution >= 4 is 5.82 Å². The number of nitrogens with zero attached hydrogens (tertiary/aromatic N) is 2. The highest BCUT2D eigenvalue weighted by molar-refractivity contribution is 5.80. The first-order valence-corrected chi connectivity index (χ1v) is 7.49. The van der Waals surface area contributed by atoms with Crippen LogP contribution in [0.25, 0.3) is 11.1 Å². The lowest BCUT2D eigenvalue weighted by atomic mass is 9.82. The van der Waals surface area contributed by atoms with Gasteiger partial charge >= 0.3 is 0 Å². The molecule has 4 nitrogen and oxygen atoms in total. The Morgan fingerprint density at radius 1 is 1.41 bits per heavy atom. The number of aryl methyl sites for hydroxylation is 1. The number of methoxy groups -OCH3 is 1. The van der Waals surface area contributed by atoms with Crippen molar-refractivity contribution in [3.63, 3.8) is 0 Å². The molecule has 0 amide bonds. The Hall–Kier alpha value is -2.54. The van der Waals surface area contributed by atoms with Gasteiger partial charge in [0.05, 0.1) is 7.11 Å². The molecule has 4 heteroatoms. The van der Waals surface area contributed by atoms with E-state index in [0.29, 0.717) is 17.3 Å². The molecule has 1 atom stereocenters. The topological polar surface area (TPSA) is 71.9 Å². The van der Waals surface area contributed by atoms with Crippen molar-refractivity contribution in [3.05, 3.63) is 41.1 Å². The molecule has 1 aromatic carbocycles. The number of anilines is 1. The number of ether oxygens (including phenoxy) is 1. The maximum absolute atomic E-state index is 9.55. The minimum Gasteiger partial charge on any atom is -0.497 e. The van der Waals surface area contributed by atoms with Gasteiger partial charge in [-0.1, -0.05) is 19.1 Å². The Kier molecular flexibility index (Phi) is 3.72. The van der Waals surface area contributed by atoms with Crippen molar-refractivity contribution in [2.75, 3.05) is 12.8 Å². The van der Waals surface area contributed by atoms with Gasteiger partial charge in [-0.2, -0.15) is 5.26 Å². The third-order valence-corrected chi connectivity index (χ3v) is 4.31. The van der Waals surface area contributed by atoms with Crippen LogP contribution in [0.5, 0.6) is 5.75 Å². The summed E-state index contributed by atoms with van der Waals surface area (Å²) in [5, 5.41) is 9.55. The molecule has 1 aliphatic rings. The molecule has 0 spiro atoms. The maximum Gasteiger partial charge on any atom is 0.142 e. The van der Waals surface area contributed by atoms with E-state index in [1.54, 1.807) is 7.11 Å². The third-order valence-electron chi connectivity index (χ3n) is 4.31. The van der Waals surface area contributed by atoms with E-state index in [4.69, 9.17) is 10.5 Å². The van der Waals surface area contributed by atoms with E-state index in [-0.39, 0.29) is 0 Å². The standard InChI is InChI=1S/C18H19N3O/c1-11-6-7-16-14(8-11)17(15(10-19)18(20)21-16)12-4-3-5-13(9-12)22-2/h3-5,9,11H,6-8H2,1-2H3,(H2,20,21). The zero-order valence-corrected chi connectivity index (χ0v) is 12.9. The molecule has 1 aliphatic carbocycles. The quantitative estimate of drug-likeness (QED) is 0.921. The zero-order chi connectivity index (χ0) is 15.7. The van der Waals surface area contributed by atoms with Crippen LogP contribution < -0.4 is 10.5 Å². The van der Waals surface area contributed by atoms with E-state index < -0.39 is 0 Å². The number of rotatable bonds is 2. The normalized spacial score (nSPS) is 16.7. The largest absolute Gasteiger partial charge is 0.497 e. The molecule has 1 aromatic heterocycles. The molecule has 0 saturated carbocycles.